The minimum absolute atomic E-state index is 0.0366. The van der Waals surface area contributed by atoms with Gasteiger partial charge in [-0.3, -0.25) is 0 Å². The van der Waals surface area contributed by atoms with Crippen molar-refractivity contribution in [3.8, 4) is 0 Å². The van der Waals surface area contributed by atoms with Gasteiger partial charge in [0, 0.05) is 19.1 Å². The van der Waals surface area contributed by atoms with Gasteiger partial charge in [0.2, 0.25) is 0 Å². The van der Waals surface area contributed by atoms with E-state index in [1.165, 1.54) is 89.0 Å². The van der Waals surface area contributed by atoms with Crippen LogP contribution in [0.1, 0.15) is 102 Å². The molecule has 0 aromatic heterocycles. The molecule has 0 saturated carbocycles. The number of benzene rings is 1. The van der Waals surface area contributed by atoms with Crippen LogP contribution in [0.3, 0.4) is 0 Å². The van der Waals surface area contributed by atoms with E-state index in [1.54, 1.807) is 0 Å². The fraction of sp³-hybridized carbons (Fsp3) is 0.750. The average molecular weight is 463 g/mol. The standard InChI is InChI=1S/C28H50N2O3/c1-2-3-4-5-6-7-8-9-10-11-12-13-17-20-27(25-26-18-15-14-16-19-26)29-21-22-30-28(32)33-24-23-31/h14-16,18-19,27,29,31H,2-13,17,20-25H2,1H3,(H,30,32). The lowest BCUT2D eigenvalue weighted by molar-refractivity contribution is 0.119. The van der Waals surface area contributed by atoms with Gasteiger partial charge >= 0.3 is 6.09 Å². The number of nitrogens with one attached hydrogen (secondary N) is 2. The molecule has 1 aromatic carbocycles. The normalized spacial score (nSPS) is 11.9. The number of carbonyl (C=O) groups excluding carboxylic acids is 1. The number of alkyl carbamates (subject to hydrolysis) is 1. The third kappa shape index (κ3) is 18.5. The highest BCUT2D eigenvalue weighted by molar-refractivity contribution is 5.67. The molecule has 5 nitrogen and oxygen atoms in total. The van der Waals surface area contributed by atoms with Gasteiger partial charge < -0.3 is 20.5 Å². The van der Waals surface area contributed by atoms with E-state index in [2.05, 4.69) is 47.9 Å². The van der Waals surface area contributed by atoms with Crippen molar-refractivity contribution in [3.63, 3.8) is 0 Å². The highest BCUT2D eigenvalue weighted by atomic mass is 16.6. The van der Waals surface area contributed by atoms with Gasteiger partial charge in [0.1, 0.15) is 6.61 Å². The molecular formula is C28H50N2O3. The van der Waals surface area contributed by atoms with E-state index < -0.39 is 6.09 Å². The predicted octanol–water partition coefficient (Wildman–Crippen LogP) is 6.39. The molecule has 1 rings (SSSR count). The molecule has 33 heavy (non-hydrogen) atoms. The van der Waals surface area contributed by atoms with Crippen LogP contribution in [-0.4, -0.2) is 43.5 Å². The molecule has 5 heteroatoms. The molecule has 0 saturated heterocycles. The van der Waals surface area contributed by atoms with E-state index in [1.807, 2.05) is 0 Å². The molecule has 1 atom stereocenters. The largest absolute Gasteiger partial charge is 0.447 e. The Balaban J connectivity index is 2.12. The molecule has 1 aromatic rings. The first kappa shape index (κ1) is 29.4. The molecule has 1 unspecified atom stereocenters. The lowest BCUT2D eigenvalue weighted by Crippen LogP contribution is -2.38. The van der Waals surface area contributed by atoms with Crippen LogP contribution < -0.4 is 10.6 Å². The molecule has 0 aliphatic carbocycles. The van der Waals surface area contributed by atoms with Crippen LogP contribution in [0.15, 0.2) is 30.3 Å². The number of hydrogen-bond acceptors (Lipinski definition) is 4. The number of amides is 1. The Kier molecular flexibility index (Phi) is 19.8. The van der Waals surface area contributed by atoms with Gasteiger partial charge in [-0.15, -0.1) is 0 Å². The minimum atomic E-state index is -0.470. The van der Waals surface area contributed by atoms with E-state index >= 15 is 0 Å². The predicted molar refractivity (Wildman–Crippen MR) is 139 cm³/mol. The Morgan fingerprint density at radius 1 is 0.848 bits per heavy atom. The highest BCUT2D eigenvalue weighted by Crippen LogP contribution is 2.14. The van der Waals surface area contributed by atoms with Crippen LogP contribution in [0.25, 0.3) is 0 Å². The van der Waals surface area contributed by atoms with Gasteiger partial charge in [-0.25, -0.2) is 4.79 Å². The summed E-state index contributed by atoms with van der Waals surface area (Å²) in [5.74, 6) is 0. The van der Waals surface area contributed by atoms with Gasteiger partial charge in [-0.2, -0.15) is 0 Å². The zero-order valence-electron chi connectivity index (χ0n) is 21.2. The van der Waals surface area contributed by atoms with Crippen molar-refractivity contribution in [3.05, 3.63) is 35.9 Å². The third-order valence-electron chi connectivity index (χ3n) is 6.13. The van der Waals surface area contributed by atoms with Crippen molar-refractivity contribution in [2.24, 2.45) is 0 Å². The highest BCUT2D eigenvalue weighted by Gasteiger charge is 2.09. The van der Waals surface area contributed by atoms with Crippen LogP contribution in [0.2, 0.25) is 0 Å². The van der Waals surface area contributed by atoms with Gasteiger partial charge in [0.15, 0.2) is 0 Å². The lowest BCUT2D eigenvalue weighted by Gasteiger charge is -2.19. The second kappa shape index (κ2) is 22.2. The summed E-state index contributed by atoms with van der Waals surface area (Å²) in [4.78, 5) is 11.5. The number of aliphatic hydroxyl groups excluding tert-OH is 1. The van der Waals surface area contributed by atoms with E-state index in [0.29, 0.717) is 19.1 Å². The third-order valence-corrected chi connectivity index (χ3v) is 6.13. The molecule has 0 aliphatic heterocycles. The average Bonchev–Trinajstić information content (AvgIpc) is 2.83. The molecule has 0 heterocycles. The molecule has 190 valence electrons. The fourth-order valence-corrected chi connectivity index (χ4v) is 4.21. The molecule has 0 radical (unpaired) electrons. The molecule has 0 aliphatic rings. The van der Waals surface area contributed by atoms with E-state index in [4.69, 9.17) is 9.84 Å². The number of carbonyl (C=O) groups is 1. The molecule has 0 fully saturated rings. The summed E-state index contributed by atoms with van der Waals surface area (Å²) >= 11 is 0. The van der Waals surface area contributed by atoms with Crippen LogP contribution in [0.4, 0.5) is 4.79 Å². The Morgan fingerprint density at radius 3 is 2.00 bits per heavy atom. The maximum atomic E-state index is 11.5. The Morgan fingerprint density at radius 2 is 1.42 bits per heavy atom. The van der Waals surface area contributed by atoms with Gasteiger partial charge in [-0.05, 0) is 18.4 Å². The van der Waals surface area contributed by atoms with Crippen molar-refractivity contribution in [1.29, 1.82) is 0 Å². The van der Waals surface area contributed by atoms with Crippen LogP contribution >= 0.6 is 0 Å². The smallest absolute Gasteiger partial charge is 0.407 e. The Hall–Kier alpha value is -1.59. The second-order valence-corrected chi connectivity index (χ2v) is 9.16. The molecular weight excluding hydrogens is 412 g/mol. The topological polar surface area (TPSA) is 70.6 Å². The SMILES string of the molecule is CCCCCCCCCCCCCCCC(Cc1ccccc1)NCCNC(=O)OCCO. The first-order chi connectivity index (χ1) is 16.3. The number of rotatable bonds is 22. The van der Waals surface area contributed by atoms with E-state index in [-0.39, 0.29) is 13.2 Å². The summed E-state index contributed by atoms with van der Waals surface area (Å²) in [6.07, 6.45) is 19.6. The minimum Gasteiger partial charge on any atom is -0.447 e. The van der Waals surface area contributed by atoms with Crippen molar-refractivity contribution in [2.45, 2.75) is 109 Å². The first-order valence-corrected chi connectivity index (χ1v) is 13.5. The van der Waals surface area contributed by atoms with E-state index in [0.717, 1.165) is 12.8 Å². The lowest BCUT2D eigenvalue weighted by atomic mass is 9.99. The fourth-order valence-electron chi connectivity index (χ4n) is 4.21. The molecule has 1 amide bonds. The maximum absolute atomic E-state index is 11.5. The summed E-state index contributed by atoms with van der Waals surface area (Å²) in [6.45, 7) is 3.40. The maximum Gasteiger partial charge on any atom is 0.407 e. The summed E-state index contributed by atoms with van der Waals surface area (Å²) in [7, 11) is 0. The number of unbranched alkanes of at least 4 members (excludes halogenated alkanes) is 12. The monoisotopic (exact) mass is 462 g/mol. The summed E-state index contributed by atoms with van der Waals surface area (Å²) < 4.78 is 4.82. The van der Waals surface area contributed by atoms with Gasteiger partial charge in [0.05, 0.1) is 6.61 Å². The Bertz CT molecular complexity index is 553. The second-order valence-electron chi connectivity index (χ2n) is 9.16. The van der Waals surface area contributed by atoms with Crippen molar-refractivity contribution >= 4 is 6.09 Å². The van der Waals surface area contributed by atoms with Crippen LogP contribution in [0, 0.1) is 0 Å². The molecule has 0 spiro atoms. The Labute approximate surface area is 203 Å². The molecule has 0 bridgehead atoms. The molecule has 3 N–H and O–H groups in total. The van der Waals surface area contributed by atoms with Crippen molar-refractivity contribution in [2.75, 3.05) is 26.3 Å². The summed E-state index contributed by atoms with van der Waals surface area (Å²) in [5.41, 5.74) is 1.35. The van der Waals surface area contributed by atoms with Crippen LogP contribution in [-0.2, 0) is 11.2 Å². The zero-order chi connectivity index (χ0) is 23.8. The first-order valence-electron chi connectivity index (χ1n) is 13.5. The van der Waals surface area contributed by atoms with Gasteiger partial charge in [-0.1, -0.05) is 121 Å². The zero-order valence-corrected chi connectivity index (χ0v) is 21.2. The summed E-state index contributed by atoms with van der Waals surface area (Å²) in [5, 5.41) is 15.0. The quantitative estimate of drug-likeness (QED) is 0.175. The number of ether oxygens (including phenoxy) is 1. The van der Waals surface area contributed by atoms with Gasteiger partial charge in [0.25, 0.3) is 0 Å². The number of aliphatic hydroxyl groups is 1. The van der Waals surface area contributed by atoms with Crippen LogP contribution in [0.5, 0.6) is 0 Å². The van der Waals surface area contributed by atoms with E-state index in [9.17, 15) is 4.79 Å². The van der Waals surface area contributed by atoms with Crippen molar-refractivity contribution < 1.29 is 14.6 Å². The number of hydrogen-bond donors (Lipinski definition) is 3. The van der Waals surface area contributed by atoms with Crippen molar-refractivity contribution in [1.82, 2.24) is 10.6 Å². The summed E-state index contributed by atoms with van der Waals surface area (Å²) in [6, 6.07) is 11.0.